The highest BCUT2D eigenvalue weighted by Gasteiger charge is 2.40. The second-order valence-electron chi connectivity index (χ2n) is 5.59. The molecule has 3 atom stereocenters. The van der Waals surface area contributed by atoms with Crippen LogP contribution in [-0.2, 0) is 6.54 Å². The lowest BCUT2D eigenvalue weighted by Gasteiger charge is -2.19. The molecule has 1 aromatic carbocycles. The Kier molecular flexibility index (Phi) is 3.22. The number of likely N-dealkylation sites (tertiary alicyclic amines) is 1. The highest BCUT2D eigenvalue weighted by Crippen LogP contribution is 2.32. The third kappa shape index (κ3) is 2.22. The average molecular weight is 267 g/mol. The van der Waals surface area contributed by atoms with Crippen LogP contribution in [0.4, 0.5) is 0 Å². The van der Waals surface area contributed by atoms with Gasteiger partial charge in [0.25, 0.3) is 0 Å². The standard InChI is InChI=1S/C14H19ClN2O/c1-9-13-8-17(7-11(13)5-16-9)6-10-2-3-12(15)4-14(10)18/h2-4,9,11,13,16,18H,5-8H2,1H3/t9-,11-,13-/m0/s1. The quantitative estimate of drug-likeness (QED) is 0.860. The first kappa shape index (κ1) is 12.3. The Labute approximate surface area is 113 Å². The molecule has 3 rings (SSSR count). The fourth-order valence-electron chi connectivity index (χ4n) is 3.30. The van der Waals surface area contributed by atoms with Gasteiger partial charge in [-0.3, -0.25) is 4.90 Å². The van der Waals surface area contributed by atoms with Crippen LogP contribution >= 0.6 is 11.6 Å². The molecule has 0 bridgehead atoms. The lowest BCUT2D eigenvalue weighted by atomic mass is 9.95. The van der Waals surface area contributed by atoms with Crippen molar-refractivity contribution < 1.29 is 5.11 Å². The number of nitrogens with one attached hydrogen (secondary N) is 1. The number of rotatable bonds is 2. The summed E-state index contributed by atoms with van der Waals surface area (Å²) in [6.45, 7) is 6.48. The molecule has 1 aromatic rings. The van der Waals surface area contributed by atoms with E-state index < -0.39 is 0 Å². The predicted molar refractivity (Wildman–Crippen MR) is 72.8 cm³/mol. The summed E-state index contributed by atoms with van der Waals surface area (Å²) in [6, 6.07) is 6.02. The molecule has 0 unspecified atom stereocenters. The monoisotopic (exact) mass is 266 g/mol. The summed E-state index contributed by atoms with van der Waals surface area (Å²) in [4.78, 5) is 2.44. The number of nitrogens with zero attached hydrogens (tertiary/aromatic N) is 1. The van der Waals surface area contributed by atoms with E-state index in [9.17, 15) is 5.11 Å². The van der Waals surface area contributed by atoms with Crippen LogP contribution in [0.15, 0.2) is 18.2 Å². The van der Waals surface area contributed by atoms with Crippen LogP contribution in [0.5, 0.6) is 5.75 Å². The van der Waals surface area contributed by atoms with E-state index in [1.807, 2.05) is 12.1 Å². The molecule has 2 N–H and O–H groups in total. The molecule has 3 nitrogen and oxygen atoms in total. The zero-order valence-corrected chi connectivity index (χ0v) is 11.3. The molecule has 18 heavy (non-hydrogen) atoms. The van der Waals surface area contributed by atoms with Gasteiger partial charge in [-0.25, -0.2) is 0 Å². The Morgan fingerprint density at radius 3 is 3.00 bits per heavy atom. The van der Waals surface area contributed by atoms with Crippen LogP contribution in [0.2, 0.25) is 5.02 Å². The minimum Gasteiger partial charge on any atom is -0.508 e. The number of aromatic hydroxyl groups is 1. The molecule has 2 fully saturated rings. The molecule has 2 heterocycles. The maximum Gasteiger partial charge on any atom is 0.121 e. The smallest absolute Gasteiger partial charge is 0.121 e. The Balaban J connectivity index is 1.68. The lowest BCUT2D eigenvalue weighted by molar-refractivity contribution is 0.292. The van der Waals surface area contributed by atoms with E-state index in [-0.39, 0.29) is 0 Å². The van der Waals surface area contributed by atoms with Crippen LogP contribution in [0.3, 0.4) is 0 Å². The third-order valence-corrected chi connectivity index (χ3v) is 4.59. The second-order valence-corrected chi connectivity index (χ2v) is 6.02. The number of fused-ring (bicyclic) bond motifs is 1. The fourth-order valence-corrected chi connectivity index (χ4v) is 3.47. The minimum atomic E-state index is 0.311. The van der Waals surface area contributed by atoms with Crippen molar-refractivity contribution in [3.05, 3.63) is 28.8 Å². The summed E-state index contributed by atoms with van der Waals surface area (Å²) in [6.07, 6.45) is 0. The molecule has 2 aliphatic heterocycles. The zero-order chi connectivity index (χ0) is 12.7. The van der Waals surface area contributed by atoms with Gasteiger partial charge in [0.1, 0.15) is 5.75 Å². The molecule has 0 aliphatic carbocycles. The maximum atomic E-state index is 9.88. The first-order chi connectivity index (χ1) is 8.63. The van der Waals surface area contributed by atoms with Crippen LogP contribution in [0.1, 0.15) is 12.5 Å². The van der Waals surface area contributed by atoms with Gasteiger partial charge < -0.3 is 10.4 Å². The van der Waals surface area contributed by atoms with Crippen LogP contribution in [0.25, 0.3) is 0 Å². The number of hydrogen-bond acceptors (Lipinski definition) is 3. The van der Waals surface area contributed by atoms with E-state index in [1.165, 1.54) is 0 Å². The van der Waals surface area contributed by atoms with Crippen molar-refractivity contribution in [2.45, 2.75) is 19.5 Å². The van der Waals surface area contributed by atoms with Crippen molar-refractivity contribution in [2.75, 3.05) is 19.6 Å². The first-order valence-corrected chi connectivity index (χ1v) is 6.94. The molecule has 2 saturated heterocycles. The van der Waals surface area contributed by atoms with Crippen LogP contribution < -0.4 is 5.32 Å². The van der Waals surface area contributed by atoms with Crippen LogP contribution in [0, 0.1) is 11.8 Å². The Morgan fingerprint density at radius 1 is 1.44 bits per heavy atom. The van der Waals surface area contributed by atoms with Gasteiger partial charge in [-0.1, -0.05) is 17.7 Å². The average Bonchev–Trinajstić information content (AvgIpc) is 2.86. The van der Waals surface area contributed by atoms with Gasteiger partial charge in [0, 0.05) is 36.3 Å². The minimum absolute atomic E-state index is 0.311. The summed E-state index contributed by atoms with van der Waals surface area (Å²) < 4.78 is 0. The fraction of sp³-hybridized carbons (Fsp3) is 0.571. The van der Waals surface area contributed by atoms with Gasteiger partial charge in [0.2, 0.25) is 0 Å². The molecule has 4 heteroatoms. The summed E-state index contributed by atoms with van der Waals surface area (Å²) in [5.74, 6) is 1.85. The van der Waals surface area contributed by atoms with Crippen molar-refractivity contribution in [1.29, 1.82) is 0 Å². The van der Waals surface area contributed by atoms with E-state index in [0.29, 0.717) is 16.8 Å². The molecule has 0 radical (unpaired) electrons. The van der Waals surface area contributed by atoms with Gasteiger partial charge >= 0.3 is 0 Å². The van der Waals surface area contributed by atoms with Crippen molar-refractivity contribution in [3.8, 4) is 5.75 Å². The summed E-state index contributed by atoms with van der Waals surface area (Å²) in [7, 11) is 0. The molecule has 0 amide bonds. The third-order valence-electron chi connectivity index (χ3n) is 4.35. The molecule has 0 spiro atoms. The van der Waals surface area contributed by atoms with E-state index in [1.54, 1.807) is 6.07 Å². The first-order valence-electron chi connectivity index (χ1n) is 6.56. The Hall–Kier alpha value is -0.770. The van der Waals surface area contributed by atoms with E-state index in [4.69, 9.17) is 11.6 Å². The molecule has 0 saturated carbocycles. The molecule has 98 valence electrons. The number of phenolic OH excluding ortho intramolecular Hbond substituents is 1. The summed E-state index contributed by atoms with van der Waals surface area (Å²) in [5.41, 5.74) is 0.972. The van der Waals surface area contributed by atoms with Gasteiger partial charge in [0.05, 0.1) is 0 Å². The van der Waals surface area contributed by atoms with Crippen molar-refractivity contribution in [1.82, 2.24) is 10.2 Å². The number of hydrogen-bond donors (Lipinski definition) is 2. The van der Waals surface area contributed by atoms with Gasteiger partial charge in [-0.15, -0.1) is 0 Å². The lowest BCUT2D eigenvalue weighted by Crippen LogP contribution is -2.30. The maximum absolute atomic E-state index is 9.88. The van der Waals surface area contributed by atoms with E-state index in [2.05, 4.69) is 17.1 Å². The van der Waals surface area contributed by atoms with Crippen LogP contribution in [-0.4, -0.2) is 35.7 Å². The highest BCUT2D eigenvalue weighted by atomic mass is 35.5. The van der Waals surface area contributed by atoms with Gasteiger partial charge in [0.15, 0.2) is 0 Å². The van der Waals surface area contributed by atoms with Crippen molar-refractivity contribution >= 4 is 11.6 Å². The van der Waals surface area contributed by atoms with Gasteiger partial charge in [-0.05, 0) is 37.4 Å². The SMILES string of the molecule is C[C@@H]1NC[C@H]2CN(Cc3ccc(Cl)cc3O)C[C@H]21. The molecular weight excluding hydrogens is 248 g/mol. The largest absolute Gasteiger partial charge is 0.508 e. The number of halogens is 1. The van der Waals surface area contributed by atoms with Crippen molar-refractivity contribution in [2.24, 2.45) is 11.8 Å². The Bertz CT molecular complexity index is 451. The number of phenols is 1. The topological polar surface area (TPSA) is 35.5 Å². The molecule has 0 aromatic heterocycles. The number of benzene rings is 1. The van der Waals surface area contributed by atoms with E-state index in [0.717, 1.165) is 43.6 Å². The van der Waals surface area contributed by atoms with E-state index >= 15 is 0 Å². The van der Waals surface area contributed by atoms with Crippen molar-refractivity contribution in [3.63, 3.8) is 0 Å². The summed E-state index contributed by atoms with van der Waals surface area (Å²) in [5, 5.41) is 14.0. The predicted octanol–water partition coefficient (Wildman–Crippen LogP) is 2.09. The molecular formula is C14H19ClN2O. The molecule has 2 aliphatic rings. The highest BCUT2D eigenvalue weighted by molar-refractivity contribution is 6.30. The Morgan fingerprint density at radius 2 is 2.28 bits per heavy atom. The normalized spacial score (nSPS) is 31.8. The van der Waals surface area contributed by atoms with Gasteiger partial charge in [-0.2, -0.15) is 0 Å². The second kappa shape index (κ2) is 4.72. The zero-order valence-electron chi connectivity index (χ0n) is 10.6. The summed E-state index contributed by atoms with van der Waals surface area (Å²) >= 11 is 5.85.